The number of aromatic amines is 1. The van der Waals surface area contributed by atoms with Crippen LogP contribution in [-0.2, 0) is 15.1 Å². The maximum absolute atomic E-state index is 13.8. The number of carbonyl (C=O) groups is 2. The summed E-state index contributed by atoms with van der Waals surface area (Å²) in [6, 6.07) is 16.1. The molecule has 3 aromatic rings. The summed E-state index contributed by atoms with van der Waals surface area (Å²) in [6.07, 6.45) is 1.87. The van der Waals surface area contributed by atoms with Crippen LogP contribution in [0.25, 0.3) is 10.9 Å². The van der Waals surface area contributed by atoms with Crippen molar-refractivity contribution in [2.24, 2.45) is 0 Å². The number of carbonyl (C=O) groups excluding carboxylic acids is 2. The number of hydrogen-bond donors (Lipinski definition) is 1. The predicted octanol–water partition coefficient (Wildman–Crippen LogP) is 4.01. The summed E-state index contributed by atoms with van der Waals surface area (Å²) in [5.41, 5.74) is 2.86. The molecule has 0 unspecified atom stereocenters. The van der Waals surface area contributed by atoms with Crippen LogP contribution in [0.1, 0.15) is 49.4 Å². The van der Waals surface area contributed by atoms with E-state index in [4.69, 9.17) is 4.74 Å². The second-order valence-corrected chi connectivity index (χ2v) is 8.91. The lowest BCUT2D eigenvalue weighted by atomic mass is 9.76. The molecule has 3 heterocycles. The summed E-state index contributed by atoms with van der Waals surface area (Å²) in [4.78, 5) is 34.3. The van der Waals surface area contributed by atoms with Crippen molar-refractivity contribution in [3.05, 3.63) is 65.4 Å². The summed E-state index contributed by atoms with van der Waals surface area (Å²) in [6.45, 7) is 5.19. The number of hydrogen-bond acceptors (Lipinski definition) is 3. The number of unbranched alkanes of at least 4 members (excludes halogenated alkanes) is 1. The molecule has 2 amide bonds. The Morgan fingerprint density at radius 2 is 1.88 bits per heavy atom. The number of H-pyrrole nitrogens is 1. The van der Waals surface area contributed by atoms with Gasteiger partial charge in [-0.25, -0.2) is 0 Å². The molecule has 0 saturated carbocycles. The molecule has 1 N–H and O–H groups in total. The zero-order chi connectivity index (χ0) is 22.5. The van der Waals surface area contributed by atoms with E-state index in [0.29, 0.717) is 13.1 Å². The van der Waals surface area contributed by atoms with E-state index in [1.165, 1.54) is 0 Å². The molecule has 6 heteroatoms. The third-order valence-corrected chi connectivity index (χ3v) is 7.11. The van der Waals surface area contributed by atoms with Crippen molar-refractivity contribution in [2.75, 3.05) is 26.7 Å². The van der Waals surface area contributed by atoms with Crippen LogP contribution in [0.15, 0.2) is 48.5 Å². The number of para-hydroxylation sites is 2. The van der Waals surface area contributed by atoms with Crippen LogP contribution in [0.2, 0.25) is 0 Å². The molecule has 32 heavy (non-hydrogen) atoms. The number of benzene rings is 2. The van der Waals surface area contributed by atoms with Gasteiger partial charge in [-0.1, -0.05) is 49.7 Å². The molecule has 5 rings (SSSR count). The Morgan fingerprint density at radius 1 is 1.12 bits per heavy atom. The first-order chi connectivity index (χ1) is 15.5. The van der Waals surface area contributed by atoms with Crippen LogP contribution in [0.4, 0.5) is 0 Å². The van der Waals surface area contributed by atoms with E-state index in [1.807, 2.05) is 43.3 Å². The lowest BCUT2D eigenvalue weighted by Crippen LogP contribution is -2.67. The van der Waals surface area contributed by atoms with E-state index in [2.05, 4.69) is 24.0 Å². The van der Waals surface area contributed by atoms with Gasteiger partial charge in [-0.15, -0.1) is 0 Å². The van der Waals surface area contributed by atoms with Gasteiger partial charge in [0, 0.05) is 35.5 Å². The Bertz CT molecular complexity index is 1200. The zero-order valence-corrected chi connectivity index (χ0v) is 18.9. The maximum atomic E-state index is 13.8. The monoisotopic (exact) mass is 431 g/mol. The average molecular weight is 432 g/mol. The average Bonchev–Trinajstić information content (AvgIpc) is 3.21. The van der Waals surface area contributed by atoms with Crippen molar-refractivity contribution < 1.29 is 14.3 Å². The summed E-state index contributed by atoms with van der Waals surface area (Å²) < 4.78 is 5.68. The lowest BCUT2D eigenvalue weighted by Gasteiger charge is -2.51. The second kappa shape index (κ2) is 7.69. The summed E-state index contributed by atoms with van der Waals surface area (Å²) >= 11 is 0. The van der Waals surface area contributed by atoms with Gasteiger partial charge in [0.15, 0.2) is 5.54 Å². The summed E-state index contributed by atoms with van der Waals surface area (Å²) in [5.74, 6) is 0.686. The molecule has 0 aliphatic carbocycles. The normalized spacial score (nSPS) is 22.8. The van der Waals surface area contributed by atoms with Crippen LogP contribution in [-0.4, -0.2) is 53.3 Å². The molecule has 0 spiro atoms. The molecule has 2 atom stereocenters. The van der Waals surface area contributed by atoms with E-state index in [1.54, 1.807) is 16.9 Å². The van der Waals surface area contributed by atoms with Crippen LogP contribution in [0.5, 0.6) is 5.75 Å². The van der Waals surface area contributed by atoms with Crippen LogP contribution >= 0.6 is 0 Å². The number of fused-ring (bicyclic) bond motifs is 5. The van der Waals surface area contributed by atoms with E-state index in [9.17, 15) is 9.59 Å². The van der Waals surface area contributed by atoms with Gasteiger partial charge in [-0.3, -0.25) is 9.59 Å². The minimum absolute atomic E-state index is 0.00293. The highest BCUT2D eigenvalue weighted by molar-refractivity contribution is 6.01. The number of amides is 2. The highest BCUT2D eigenvalue weighted by atomic mass is 16.5. The van der Waals surface area contributed by atoms with Gasteiger partial charge in [0.25, 0.3) is 5.91 Å². The number of aromatic nitrogens is 1. The predicted molar refractivity (Wildman–Crippen MR) is 124 cm³/mol. The van der Waals surface area contributed by atoms with E-state index in [-0.39, 0.29) is 24.3 Å². The molecule has 0 radical (unpaired) electrons. The lowest BCUT2D eigenvalue weighted by molar-refractivity contribution is -0.166. The molecule has 1 fully saturated rings. The third kappa shape index (κ3) is 2.85. The summed E-state index contributed by atoms with van der Waals surface area (Å²) in [5, 5.41) is 1.09. The van der Waals surface area contributed by atoms with Crippen LogP contribution < -0.4 is 4.74 Å². The Morgan fingerprint density at radius 3 is 2.66 bits per heavy atom. The fourth-order valence-electron chi connectivity index (χ4n) is 5.44. The standard InChI is InChI=1S/C26H29N3O3/c1-4-5-14-28-16-22(30)29-15-19(17-10-7-9-13-21(17)32-3)23-18-11-6-8-12-20(18)27-24(23)26(29,2)25(28)31/h6-13,19,27H,4-5,14-16H2,1-3H3/t19-,26+/m1/s1. The van der Waals surface area contributed by atoms with E-state index < -0.39 is 5.54 Å². The van der Waals surface area contributed by atoms with Crippen molar-refractivity contribution >= 4 is 22.7 Å². The zero-order valence-electron chi connectivity index (χ0n) is 18.9. The van der Waals surface area contributed by atoms with Crippen LogP contribution in [0.3, 0.4) is 0 Å². The van der Waals surface area contributed by atoms with Gasteiger partial charge in [0.2, 0.25) is 5.91 Å². The largest absolute Gasteiger partial charge is 0.496 e. The van der Waals surface area contributed by atoms with Gasteiger partial charge in [0.05, 0.1) is 19.3 Å². The number of piperazine rings is 1. The Kier molecular flexibility index (Phi) is 4.96. The molecule has 2 aliphatic heterocycles. The molecule has 1 aromatic heterocycles. The van der Waals surface area contributed by atoms with Crippen LogP contribution in [0, 0.1) is 0 Å². The van der Waals surface area contributed by atoms with Gasteiger partial charge in [-0.2, -0.15) is 0 Å². The number of nitrogens with zero attached hydrogens (tertiary/aromatic N) is 2. The van der Waals surface area contributed by atoms with Gasteiger partial charge < -0.3 is 19.5 Å². The maximum Gasteiger partial charge on any atom is 0.254 e. The SMILES string of the molecule is CCCCN1CC(=O)N2C[C@H](c3ccccc3OC)c3c([nH]c4ccccc34)[C@@]2(C)C1=O. The van der Waals surface area contributed by atoms with Gasteiger partial charge in [0.1, 0.15) is 5.75 Å². The second-order valence-electron chi connectivity index (χ2n) is 8.91. The molecular formula is C26H29N3O3. The molecule has 1 saturated heterocycles. The Labute approximate surface area is 188 Å². The highest BCUT2D eigenvalue weighted by Crippen LogP contribution is 2.49. The van der Waals surface area contributed by atoms with Crippen molar-refractivity contribution in [2.45, 2.75) is 38.1 Å². The first-order valence-electron chi connectivity index (χ1n) is 11.3. The third-order valence-electron chi connectivity index (χ3n) is 7.11. The minimum atomic E-state index is -1.05. The number of rotatable bonds is 5. The first kappa shape index (κ1) is 20.6. The van der Waals surface area contributed by atoms with E-state index in [0.717, 1.165) is 46.3 Å². The smallest absolute Gasteiger partial charge is 0.254 e. The first-order valence-corrected chi connectivity index (χ1v) is 11.3. The Hall–Kier alpha value is -3.28. The molecule has 6 nitrogen and oxygen atoms in total. The molecule has 0 bridgehead atoms. The molecule has 2 aromatic carbocycles. The van der Waals surface area contributed by atoms with Gasteiger partial charge >= 0.3 is 0 Å². The fourth-order valence-corrected chi connectivity index (χ4v) is 5.44. The number of ether oxygens (including phenoxy) is 1. The Balaban J connectivity index is 1.74. The van der Waals surface area contributed by atoms with Gasteiger partial charge in [-0.05, 0) is 31.0 Å². The molecule has 2 aliphatic rings. The quantitative estimate of drug-likeness (QED) is 0.664. The molecular weight excluding hydrogens is 402 g/mol. The van der Waals surface area contributed by atoms with Crippen molar-refractivity contribution in [3.8, 4) is 5.75 Å². The minimum Gasteiger partial charge on any atom is -0.496 e. The van der Waals surface area contributed by atoms with Crippen molar-refractivity contribution in [3.63, 3.8) is 0 Å². The number of nitrogens with one attached hydrogen (secondary N) is 1. The number of methoxy groups -OCH3 is 1. The topological polar surface area (TPSA) is 65.6 Å². The molecule has 166 valence electrons. The fraction of sp³-hybridized carbons (Fsp3) is 0.385. The van der Waals surface area contributed by atoms with Crippen molar-refractivity contribution in [1.29, 1.82) is 0 Å². The van der Waals surface area contributed by atoms with E-state index >= 15 is 0 Å². The summed E-state index contributed by atoms with van der Waals surface area (Å²) in [7, 11) is 1.67. The highest BCUT2D eigenvalue weighted by Gasteiger charge is 2.56. The van der Waals surface area contributed by atoms with Crippen molar-refractivity contribution in [1.82, 2.24) is 14.8 Å².